The molecule has 1 aliphatic heterocycles. The summed E-state index contributed by atoms with van der Waals surface area (Å²) in [6.45, 7) is 3.53. The molecule has 170 valence electrons. The maximum Gasteiger partial charge on any atom is 0.416 e. The van der Waals surface area contributed by atoms with E-state index in [1.54, 1.807) is 7.05 Å². The van der Waals surface area contributed by atoms with E-state index in [1.165, 1.54) is 10.2 Å². The van der Waals surface area contributed by atoms with Gasteiger partial charge in [0.25, 0.3) is 0 Å². The molecule has 0 spiro atoms. The van der Waals surface area contributed by atoms with E-state index in [2.05, 4.69) is 26.4 Å². The third-order valence-corrected chi connectivity index (χ3v) is 5.67. The van der Waals surface area contributed by atoms with Crippen molar-refractivity contribution in [1.82, 2.24) is 19.7 Å². The van der Waals surface area contributed by atoms with E-state index in [0.29, 0.717) is 17.9 Å². The Hall–Kier alpha value is -3.17. The Bertz CT molecular complexity index is 1090. The molecule has 0 aliphatic carbocycles. The Balaban J connectivity index is 1.41. The predicted octanol–water partition coefficient (Wildman–Crippen LogP) is 4.88. The largest absolute Gasteiger partial charge is 0.416 e. The topological polar surface area (TPSA) is 58.9 Å². The number of piperidine rings is 1. The fraction of sp³-hybridized carbons (Fsp3) is 0.409. The van der Waals surface area contributed by atoms with Crippen molar-refractivity contribution in [2.24, 2.45) is 13.0 Å². The molecule has 1 N–H and O–H groups in total. The first-order valence-electron chi connectivity index (χ1n) is 10.4. The average Bonchev–Trinajstić information content (AvgIpc) is 3.10. The molecule has 10 heteroatoms. The molecule has 2 aromatic heterocycles. The second-order valence-corrected chi connectivity index (χ2v) is 8.12. The molecule has 0 amide bonds. The number of anilines is 3. The third kappa shape index (κ3) is 5.00. The zero-order valence-electron chi connectivity index (χ0n) is 17.8. The maximum atomic E-state index is 14.1. The van der Waals surface area contributed by atoms with Crippen LogP contribution in [0.25, 0.3) is 0 Å². The molecule has 0 atom stereocenters. The van der Waals surface area contributed by atoms with E-state index < -0.39 is 17.6 Å². The first kappa shape index (κ1) is 22.0. The van der Waals surface area contributed by atoms with Gasteiger partial charge in [-0.15, -0.1) is 5.10 Å². The number of alkyl halides is 3. The van der Waals surface area contributed by atoms with Crippen LogP contribution in [0.4, 0.5) is 35.1 Å². The van der Waals surface area contributed by atoms with Crippen molar-refractivity contribution in [3.05, 3.63) is 59.2 Å². The highest BCUT2D eigenvalue weighted by Gasteiger charge is 2.31. The van der Waals surface area contributed by atoms with E-state index >= 15 is 0 Å². The van der Waals surface area contributed by atoms with E-state index in [-0.39, 0.29) is 11.6 Å². The summed E-state index contributed by atoms with van der Waals surface area (Å²) in [6.07, 6.45) is 0.220. The highest BCUT2D eigenvalue weighted by atomic mass is 19.4. The summed E-state index contributed by atoms with van der Waals surface area (Å²) in [7, 11) is 1.61. The molecule has 6 nitrogen and oxygen atoms in total. The van der Waals surface area contributed by atoms with Gasteiger partial charge in [0, 0.05) is 32.0 Å². The lowest BCUT2D eigenvalue weighted by molar-refractivity contribution is -0.137. The first-order valence-corrected chi connectivity index (χ1v) is 10.4. The first-order chi connectivity index (χ1) is 15.2. The van der Waals surface area contributed by atoms with Crippen molar-refractivity contribution in [3.8, 4) is 0 Å². The Morgan fingerprint density at radius 3 is 2.56 bits per heavy atom. The fourth-order valence-corrected chi connectivity index (χ4v) is 3.93. The van der Waals surface area contributed by atoms with Crippen LogP contribution in [0.3, 0.4) is 0 Å². The zero-order chi connectivity index (χ0) is 22.9. The van der Waals surface area contributed by atoms with Gasteiger partial charge in [0.2, 0.25) is 11.9 Å². The van der Waals surface area contributed by atoms with E-state index in [9.17, 15) is 17.6 Å². The summed E-state index contributed by atoms with van der Waals surface area (Å²) >= 11 is 0. The van der Waals surface area contributed by atoms with Crippen molar-refractivity contribution in [2.75, 3.05) is 23.3 Å². The number of aromatic nitrogens is 4. The number of benzene rings is 1. The van der Waals surface area contributed by atoms with Gasteiger partial charge in [-0.05, 0) is 68.0 Å². The van der Waals surface area contributed by atoms with E-state index in [1.807, 2.05) is 24.1 Å². The van der Waals surface area contributed by atoms with Gasteiger partial charge < -0.3 is 10.2 Å². The van der Waals surface area contributed by atoms with Crippen molar-refractivity contribution >= 4 is 17.6 Å². The lowest BCUT2D eigenvalue weighted by atomic mass is 9.90. The standard InChI is InChI=1S/C22H24F4N6/c1-14-11-16(5-8-27-14)12-15-6-9-32(10-7-15)21-29-20(31(2)30-21)28-19-13-17(22(24,25)26)3-4-18(19)23/h3-5,8,11,13,15H,6-7,9-10,12H2,1-2H3,(H,28,29,30). The summed E-state index contributed by atoms with van der Waals surface area (Å²) in [4.78, 5) is 10.7. The number of nitrogens with one attached hydrogen (secondary N) is 1. The molecule has 1 fully saturated rings. The normalized spacial score (nSPS) is 15.2. The number of rotatable bonds is 5. The van der Waals surface area contributed by atoms with Crippen molar-refractivity contribution in [3.63, 3.8) is 0 Å². The lowest BCUT2D eigenvalue weighted by Gasteiger charge is -2.31. The van der Waals surface area contributed by atoms with Crippen molar-refractivity contribution < 1.29 is 17.6 Å². The summed E-state index contributed by atoms with van der Waals surface area (Å²) < 4.78 is 54.4. The van der Waals surface area contributed by atoms with Crippen LogP contribution in [0.2, 0.25) is 0 Å². The second-order valence-electron chi connectivity index (χ2n) is 8.12. The van der Waals surface area contributed by atoms with Crippen LogP contribution in [0.5, 0.6) is 0 Å². The minimum absolute atomic E-state index is 0.174. The average molecular weight is 448 g/mol. The van der Waals surface area contributed by atoms with Crippen LogP contribution >= 0.6 is 0 Å². The van der Waals surface area contributed by atoms with E-state index in [0.717, 1.165) is 50.2 Å². The van der Waals surface area contributed by atoms with Crippen LogP contribution in [0.15, 0.2) is 36.5 Å². The maximum absolute atomic E-state index is 14.1. The molecule has 4 rings (SSSR count). The highest BCUT2D eigenvalue weighted by Crippen LogP contribution is 2.33. The predicted molar refractivity (Wildman–Crippen MR) is 113 cm³/mol. The Kier molecular flexibility index (Phi) is 6.03. The molecule has 3 aromatic rings. The second kappa shape index (κ2) is 8.76. The number of nitrogens with zero attached hydrogens (tertiary/aromatic N) is 5. The zero-order valence-corrected chi connectivity index (χ0v) is 17.8. The molecule has 0 radical (unpaired) electrons. The molecule has 0 bridgehead atoms. The van der Waals surface area contributed by atoms with Gasteiger partial charge in [0.1, 0.15) is 5.82 Å². The fourth-order valence-electron chi connectivity index (χ4n) is 3.93. The van der Waals surface area contributed by atoms with Gasteiger partial charge in [-0.2, -0.15) is 18.2 Å². The molecule has 0 saturated carbocycles. The number of pyridine rings is 1. The Morgan fingerprint density at radius 1 is 1.12 bits per heavy atom. The number of hydrogen-bond donors (Lipinski definition) is 1. The summed E-state index contributed by atoms with van der Waals surface area (Å²) in [5, 5.41) is 7.01. The van der Waals surface area contributed by atoms with Gasteiger partial charge in [-0.1, -0.05) is 0 Å². The molecule has 1 aromatic carbocycles. The molecule has 3 heterocycles. The van der Waals surface area contributed by atoms with Crippen LogP contribution in [-0.2, 0) is 19.6 Å². The van der Waals surface area contributed by atoms with Crippen LogP contribution in [0, 0.1) is 18.7 Å². The number of halogens is 4. The van der Waals surface area contributed by atoms with Crippen molar-refractivity contribution in [1.29, 1.82) is 0 Å². The number of hydrogen-bond acceptors (Lipinski definition) is 5. The van der Waals surface area contributed by atoms with Crippen LogP contribution in [0.1, 0.15) is 29.7 Å². The van der Waals surface area contributed by atoms with Crippen LogP contribution in [-0.4, -0.2) is 32.8 Å². The van der Waals surface area contributed by atoms with Gasteiger partial charge in [0.15, 0.2) is 0 Å². The van der Waals surface area contributed by atoms with Gasteiger partial charge >= 0.3 is 6.18 Å². The minimum Gasteiger partial charge on any atom is -0.339 e. The Labute approximate surface area is 183 Å². The highest BCUT2D eigenvalue weighted by molar-refractivity contribution is 5.57. The molecule has 1 saturated heterocycles. The lowest BCUT2D eigenvalue weighted by Crippen LogP contribution is -2.35. The third-order valence-electron chi connectivity index (χ3n) is 5.67. The summed E-state index contributed by atoms with van der Waals surface area (Å²) in [5.41, 5.74) is 1.06. The van der Waals surface area contributed by atoms with Crippen molar-refractivity contribution in [2.45, 2.75) is 32.4 Å². The smallest absolute Gasteiger partial charge is 0.339 e. The number of aryl methyl sites for hydroxylation is 2. The van der Waals surface area contributed by atoms with Gasteiger partial charge in [-0.3, -0.25) is 4.98 Å². The molecular weight excluding hydrogens is 424 g/mol. The quantitative estimate of drug-likeness (QED) is 0.564. The molecule has 32 heavy (non-hydrogen) atoms. The van der Waals surface area contributed by atoms with E-state index in [4.69, 9.17) is 0 Å². The van der Waals surface area contributed by atoms with Gasteiger partial charge in [0.05, 0.1) is 11.3 Å². The van der Waals surface area contributed by atoms with Gasteiger partial charge in [-0.25, -0.2) is 9.07 Å². The molecule has 0 unspecified atom stereocenters. The monoisotopic (exact) mass is 448 g/mol. The molecular formula is C22H24F4N6. The summed E-state index contributed by atoms with van der Waals surface area (Å²) in [6, 6.07) is 6.38. The SMILES string of the molecule is Cc1cc(CC2CCN(c3nc(Nc4cc(C(F)(F)F)ccc4F)n(C)n3)CC2)ccn1. The summed E-state index contributed by atoms with van der Waals surface area (Å²) in [5.74, 6) is 0.400. The minimum atomic E-state index is -4.56. The van der Waals surface area contributed by atoms with Crippen LogP contribution < -0.4 is 10.2 Å². The molecule has 1 aliphatic rings. The Morgan fingerprint density at radius 2 is 1.88 bits per heavy atom.